The minimum atomic E-state index is -0.800. The van der Waals surface area contributed by atoms with Gasteiger partial charge in [-0.25, -0.2) is 14.6 Å². The van der Waals surface area contributed by atoms with Gasteiger partial charge in [0.25, 0.3) is 0 Å². The molecule has 6 rings (SSSR count). The largest absolute Gasteiger partial charge is 0.459 e. The number of fused-ring (bicyclic) bond motifs is 1. The maximum atomic E-state index is 13.5. The van der Waals surface area contributed by atoms with Crippen LogP contribution in [0.25, 0.3) is 11.1 Å². The van der Waals surface area contributed by atoms with Gasteiger partial charge in [0.1, 0.15) is 30.4 Å². The maximum absolute atomic E-state index is 13.5. The smallest absolute Gasteiger partial charge is 0.339 e. The molecule has 2 heterocycles. The van der Waals surface area contributed by atoms with Crippen LogP contribution >= 0.6 is 0 Å². The predicted octanol–water partition coefficient (Wildman–Crippen LogP) is 5.97. The Morgan fingerprint density at radius 2 is 1.37 bits per heavy atom. The second kappa shape index (κ2) is 11.6. The molecule has 41 heavy (non-hydrogen) atoms. The van der Waals surface area contributed by atoms with Crippen molar-refractivity contribution in [3.05, 3.63) is 137 Å². The summed E-state index contributed by atoms with van der Waals surface area (Å²) in [6, 6.07) is 31.2. The lowest BCUT2D eigenvalue weighted by Gasteiger charge is -2.19. The molecule has 4 aromatic carbocycles. The van der Waals surface area contributed by atoms with Gasteiger partial charge in [-0.15, -0.1) is 0 Å². The normalized spacial score (nSPS) is 18.2. The SMILES string of the molecule is O=C(OC[C@H]1O[C@@H](c2nc3ccccc3o2)C[C@@H]1OC(=O)c1ccccc1C(=O)c1ccccc1)c1ccccc1. The number of hydrogen-bond acceptors (Lipinski definition) is 8. The molecule has 204 valence electrons. The topological polar surface area (TPSA) is 105 Å². The quantitative estimate of drug-likeness (QED) is 0.173. The average molecular weight is 548 g/mol. The van der Waals surface area contributed by atoms with Crippen LogP contribution in [-0.2, 0) is 14.2 Å². The van der Waals surface area contributed by atoms with Gasteiger partial charge in [0.15, 0.2) is 11.4 Å². The maximum Gasteiger partial charge on any atom is 0.339 e. The number of rotatable bonds is 8. The van der Waals surface area contributed by atoms with E-state index in [1.165, 1.54) is 0 Å². The molecule has 1 aliphatic rings. The Hall–Kier alpha value is -5.08. The molecule has 0 unspecified atom stereocenters. The van der Waals surface area contributed by atoms with Crippen LogP contribution in [0.5, 0.6) is 0 Å². The highest BCUT2D eigenvalue weighted by atomic mass is 16.6. The van der Waals surface area contributed by atoms with Crippen molar-refractivity contribution in [3.63, 3.8) is 0 Å². The van der Waals surface area contributed by atoms with Crippen LogP contribution < -0.4 is 0 Å². The van der Waals surface area contributed by atoms with Gasteiger partial charge in [-0.05, 0) is 30.3 Å². The Labute approximate surface area is 235 Å². The standard InChI is InChI=1S/C33H25NO7/c35-30(21-11-3-1-4-12-21)23-15-7-8-16-24(23)33(37)41-27-19-28(31-34-25-17-9-10-18-26(25)40-31)39-29(27)20-38-32(36)22-13-5-2-6-14-22/h1-18,27-29H,19-20H2/t27-,28+,29+/m0/s1. The number of para-hydroxylation sites is 2. The summed E-state index contributed by atoms with van der Waals surface area (Å²) in [5.41, 5.74) is 2.48. The predicted molar refractivity (Wildman–Crippen MR) is 148 cm³/mol. The Morgan fingerprint density at radius 3 is 2.10 bits per heavy atom. The third kappa shape index (κ3) is 5.64. The highest BCUT2D eigenvalue weighted by Crippen LogP contribution is 2.36. The highest BCUT2D eigenvalue weighted by molar-refractivity contribution is 6.14. The van der Waals surface area contributed by atoms with Gasteiger partial charge in [-0.1, -0.05) is 78.9 Å². The molecule has 0 bridgehead atoms. The number of aromatic nitrogens is 1. The van der Waals surface area contributed by atoms with Crippen molar-refractivity contribution >= 4 is 28.8 Å². The molecule has 0 radical (unpaired) electrons. The van der Waals surface area contributed by atoms with Crippen molar-refractivity contribution in [2.24, 2.45) is 0 Å². The fraction of sp³-hybridized carbons (Fsp3) is 0.152. The zero-order chi connectivity index (χ0) is 28.2. The van der Waals surface area contributed by atoms with E-state index in [9.17, 15) is 14.4 Å². The molecule has 8 nitrogen and oxygen atoms in total. The lowest BCUT2D eigenvalue weighted by atomic mass is 9.98. The molecule has 5 aromatic rings. The Balaban J connectivity index is 1.24. The first-order valence-corrected chi connectivity index (χ1v) is 13.2. The first kappa shape index (κ1) is 26.2. The molecular weight excluding hydrogens is 522 g/mol. The van der Waals surface area contributed by atoms with Crippen LogP contribution in [0.2, 0.25) is 0 Å². The van der Waals surface area contributed by atoms with Crippen molar-refractivity contribution in [1.29, 1.82) is 0 Å². The van der Waals surface area contributed by atoms with Crippen molar-refractivity contribution in [3.8, 4) is 0 Å². The first-order chi connectivity index (χ1) is 20.1. The molecule has 0 amide bonds. The lowest BCUT2D eigenvalue weighted by molar-refractivity contribution is -0.0464. The summed E-state index contributed by atoms with van der Waals surface area (Å²) >= 11 is 0. The first-order valence-electron chi connectivity index (χ1n) is 13.2. The van der Waals surface area contributed by atoms with Crippen LogP contribution in [0.4, 0.5) is 0 Å². The molecular formula is C33H25NO7. The molecule has 1 saturated heterocycles. The van der Waals surface area contributed by atoms with E-state index < -0.39 is 30.3 Å². The minimum Gasteiger partial charge on any atom is -0.459 e. The molecule has 8 heteroatoms. The molecule has 0 saturated carbocycles. The number of hydrogen-bond donors (Lipinski definition) is 0. The second-order valence-corrected chi connectivity index (χ2v) is 9.57. The zero-order valence-corrected chi connectivity index (χ0v) is 21.8. The summed E-state index contributed by atoms with van der Waals surface area (Å²) < 4.78 is 23.5. The van der Waals surface area contributed by atoms with Crippen LogP contribution in [0.15, 0.2) is 114 Å². The van der Waals surface area contributed by atoms with Gasteiger partial charge >= 0.3 is 11.9 Å². The van der Waals surface area contributed by atoms with Crippen LogP contribution in [0.1, 0.15) is 55.1 Å². The monoisotopic (exact) mass is 547 g/mol. The Kier molecular flexibility index (Phi) is 7.38. The van der Waals surface area contributed by atoms with Gasteiger partial charge in [0.2, 0.25) is 5.89 Å². The van der Waals surface area contributed by atoms with E-state index >= 15 is 0 Å². The Bertz CT molecular complexity index is 1660. The van der Waals surface area contributed by atoms with Crippen LogP contribution in [-0.4, -0.2) is 41.5 Å². The number of ether oxygens (including phenoxy) is 3. The fourth-order valence-corrected chi connectivity index (χ4v) is 4.79. The number of carbonyl (C=O) groups is 3. The van der Waals surface area contributed by atoms with E-state index in [0.29, 0.717) is 28.1 Å². The molecule has 1 aliphatic heterocycles. The molecule has 1 aromatic heterocycles. The number of esters is 2. The van der Waals surface area contributed by atoms with Gasteiger partial charge in [-0.3, -0.25) is 4.79 Å². The van der Waals surface area contributed by atoms with Crippen molar-refractivity contribution in [1.82, 2.24) is 4.98 Å². The molecule has 0 N–H and O–H groups in total. The van der Waals surface area contributed by atoms with Gasteiger partial charge in [0.05, 0.1) is 11.1 Å². The number of oxazole rings is 1. The van der Waals surface area contributed by atoms with E-state index in [2.05, 4.69) is 4.98 Å². The number of carbonyl (C=O) groups excluding carboxylic acids is 3. The average Bonchev–Trinajstić information content (AvgIpc) is 3.64. The third-order valence-corrected chi connectivity index (χ3v) is 6.86. The highest BCUT2D eigenvalue weighted by Gasteiger charge is 2.42. The second-order valence-electron chi connectivity index (χ2n) is 9.57. The molecule has 0 spiro atoms. The molecule has 1 fully saturated rings. The fourth-order valence-electron chi connectivity index (χ4n) is 4.79. The summed E-state index contributed by atoms with van der Waals surface area (Å²) in [5, 5.41) is 0. The molecule has 0 aliphatic carbocycles. The van der Waals surface area contributed by atoms with E-state index in [0.717, 1.165) is 0 Å². The zero-order valence-electron chi connectivity index (χ0n) is 21.8. The van der Waals surface area contributed by atoms with Gasteiger partial charge in [-0.2, -0.15) is 0 Å². The minimum absolute atomic E-state index is 0.131. The van der Waals surface area contributed by atoms with Gasteiger partial charge in [0, 0.05) is 17.5 Å². The van der Waals surface area contributed by atoms with Crippen molar-refractivity contribution in [2.75, 3.05) is 6.61 Å². The van der Waals surface area contributed by atoms with E-state index in [4.69, 9.17) is 18.6 Å². The van der Waals surface area contributed by atoms with Crippen LogP contribution in [0.3, 0.4) is 0 Å². The summed E-state index contributed by atoms with van der Waals surface area (Å²) in [7, 11) is 0. The van der Waals surface area contributed by atoms with E-state index in [1.807, 2.05) is 24.3 Å². The van der Waals surface area contributed by atoms with Crippen LogP contribution in [0, 0.1) is 0 Å². The Morgan fingerprint density at radius 1 is 0.732 bits per heavy atom. The van der Waals surface area contributed by atoms with E-state index in [1.54, 1.807) is 84.9 Å². The lowest BCUT2D eigenvalue weighted by Crippen LogP contribution is -2.32. The number of nitrogens with zero attached hydrogens (tertiary/aromatic N) is 1. The summed E-state index contributed by atoms with van der Waals surface area (Å²) in [6.45, 7) is -0.160. The van der Waals surface area contributed by atoms with Crippen molar-refractivity contribution < 1.29 is 33.0 Å². The number of benzene rings is 4. The molecule has 3 atom stereocenters. The van der Waals surface area contributed by atoms with Gasteiger partial charge < -0.3 is 18.6 Å². The summed E-state index contributed by atoms with van der Waals surface area (Å²) in [4.78, 5) is 43.8. The third-order valence-electron chi connectivity index (χ3n) is 6.86. The van der Waals surface area contributed by atoms with Crippen molar-refractivity contribution in [2.45, 2.75) is 24.7 Å². The number of ketones is 1. The summed E-state index contributed by atoms with van der Waals surface area (Å²) in [5.74, 6) is -1.17. The summed E-state index contributed by atoms with van der Waals surface area (Å²) in [6.07, 6.45) is -2.00. The van der Waals surface area contributed by atoms with E-state index in [-0.39, 0.29) is 29.9 Å².